The summed E-state index contributed by atoms with van der Waals surface area (Å²) in [5.41, 5.74) is 6.55. The molecule has 0 radical (unpaired) electrons. The second-order valence-electron chi connectivity index (χ2n) is 5.21. The fourth-order valence-electron chi connectivity index (χ4n) is 2.52. The van der Waals surface area contributed by atoms with Crippen molar-refractivity contribution in [2.24, 2.45) is 5.73 Å². The third-order valence-electron chi connectivity index (χ3n) is 3.74. The van der Waals surface area contributed by atoms with Crippen LogP contribution in [0.5, 0.6) is 0 Å². The molecular formula is C13H22BrN5O2. The Morgan fingerprint density at radius 3 is 2.95 bits per heavy atom. The summed E-state index contributed by atoms with van der Waals surface area (Å²) in [4.78, 5) is 16.7. The van der Waals surface area contributed by atoms with Crippen LogP contribution in [-0.2, 0) is 11.3 Å². The number of nitrogens with zero attached hydrogens (tertiary/aromatic N) is 4. The maximum absolute atomic E-state index is 12.3. The lowest BCUT2D eigenvalue weighted by atomic mass is 10.1. The second-order valence-corrected chi connectivity index (χ2v) is 6.00. The highest BCUT2D eigenvalue weighted by Gasteiger charge is 2.27. The van der Waals surface area contributed by atoms with Gasteiger partial charge in [0.1, 0.15) is 4.47 Å². The number of ether oxygens (including phenoxy) is 1. The molecule has 0 bridgehead atoms. The highest BCUT2D eigenvalue weighted by Crippen LogP contribution is 2.25. The van der Waals surface area contributed by atoms with E-state index >= 15 is 0 Å². The molecule has 0 spiro atoms. The van der Waals surface area contributed by atoms with Crippen LogP contribution in [0.25, 0.3) is 0 Å². The van der Waals surface area contributed by atoms with Crippen molar-refractivity contribution < 1.29 is 4.74 Å². The summed E-state index contributed by atoms with van der Waals surface area (Å²) in [7, 11) is 3.68. The molecule has 2 rings (SSSR count). The molecule has 2 heterocycles. The van der Waals surface area contributed by atoms with Crippen LogP contribution in [-0.4, -0.2) is 67.7 Å². The average molecular weight is 360 g/mol. The van der Waals surface area contributed by atoms with Crippen LogP contribution in [0.4, 0.5) is 5.69 Å². The Balaban J connectivity index is 2.27. The van der Waals surface area contributed by atoms with Crippen molar-refractivity contribution in [2.75, 3.05) is 51.8 Å². The molecule has 0 saturated carbocycles. The SMILES string of the molecule is COCCn1ncc(N2CCN(C)CC2CN)c(Br)c1=O. The van der Waals surface area contributed by atoms with Gasteiger partial charge >= 0.3 is 0 Å². The topological polar surface area (TPSA) is 76.6 Å². The highest BCUT2D eigenvalue weighted by atomic mass is 79.9. The average Bonchev–Trinajstić information content (AvgIpc) is 2.49. The van der Waals surface area contributed by atoms with Crippen LogP contribution in [0.3, 0.4) is 0 Å². The normalized spacial score (nSPS) is 20.0. The van der Waals surface area contributed by atoms with E-state index in [0.29, 0.717) is 24.2 Å². The zero-order valence-electron chi connectivity index (χ0n) is 12.5. The van der Waals surface area contributed by atoms with Gasteiger partial charge in [-0.1, -0.05) is 0 Å². The lowest BCUT2D eigenvalue weighted by Gasteiger charge is -2.41. The molecule has 1 aliphatic heterocycles. The van der Waals surface area contributed by atoms with Crippen molar-refractivity contribution in [2.45, 2.75) is 12.6 Å². The molecule has 7 nitrogen and oxygen atoms in total. The number of hydrogen-bond acceptors (Lipinski definition) is 6. The van der Waals surface area contributed by atoms with Crippen LogP contribution in [0.15, 0.2) is 15.5 Å². The van der Waals surface area contributed by atoms with Crippen molar-refractivity contribution in [3.8, 4) is 0 Å². The maximum atomic E-state index is 12.3. The van der Waals surface area contributed by atoms with E-state index in [-0.39, 0.29) is 11.6 Å². The zero-order chi connectivity index (χ0) is 15.4. The van der Waals surface area contributed by atoms with Gasteiger partial charge in [0.15, 0.2) is 0 Å². The predicted molar refractivity (Wildman–Crippen MR) is 85.8 cm³/mol. The Morgan fingerprint density at radius 2 is 2.29 bits per heavy atom. The molecule has 21 heavy (non-hydrogen) atoms. The van der Waals surface area contributed by atoms with E-state index in [9.17, 15) is 4.79 Å². The van der Waals surface area contributed by atoms with Crippen molar-refractivity contribution >= 4 is 21.6 Å². The summed E-state index contributed by atoms with van der Waals surface area (Å²) < 4.78 is 6.93. The van der Waals surface area contributed by atoms with E-state index in [2.05, 4.69) is 37.9 Å². The molecule has 8 heteroatoms. The number of halogens is 1. The highest BCUT2D eigenvalue weighted by molar-refractivity contribution is 9.10. The van der Waals surface area contributed by atoms with Gasteiger partial charge in [-0.3, -0.25) is 4.79 Å². The van der Waals surface area contributed by atoms with E-state index in [0.717, 1.165) is 25.3 Å². The molecule has 0 amide bonds. The molecule has 1 saturated heterocycles. The molecule has 2 N–H and O–H groups in total. The van der Waals surface area contributed by atoms with Crippen molar-refractivity contribution in [3.05, 3.63) is 21.0 Å². The number of rotatable bonds is 5. The smallest absolute Gasteiger partial charge is 0.283 e. The Morgan fingerprint density at radius 1 is 1.52 bits per heavy atom. The molecule has 1 aromatic heterocycles. The van der Waals surface area contributed by atoms with Gasteiger partial charge in [0, 0.05) is 33.3 Å². The molecular weight excluding hydrogens is 338 g/mol. The Bertz CT molecular complexity index is 536. The zero-order valence-corrected chi connectivity index (χ0v) is 14.0. The first kappa shape index (κ1) is 16.4. The Kier molecular flexibility index (Phi) is 5.74. The number of anilines is 1. The largest absolute Gasteiger partial charge is 0.383 e. The monoisotopic (exact) mass is 359 g/mol. The number of likely N-dealkylation sites (N-methyl/N-ethyl adjacent to an activating group) is 1. The summed E-state index contributed by atoms with van der Waals surface area (Å²) >= 11 is 3.42. The number of methoxy groups -OCH3 is 1. The van der Waals surface area contributed by atoms with Gasteiger partial charge in [-0.2, -0.15) is 5.10 Å². The molecule has 1 aliphatic rings. The van der Waals surface area contributed by atoms with Gasteiger partial charge in [-0.15, -0.1) is 0 Å². The van der Waals surface area contributed by atoms with E-state index in [1.807, 2.05) is 0 Å². The van der Waals surface area contributed by atoms with Gasteiger partial charge < -0.3 is 20.3 Å². The standard InChI is InChI=1S/C13H22BrN5O2/c1-17-3-4-18(10(7-15)9-17)11-8-16-19(5-6-21-2)13(20)12(11)14/h8,10H,3-7,9,15H2,1-2H3. The summed E-state index contributed by atoms with van der Waals surface area (Å²) in [6.45, 7) is 4.10. The van der Waals surface area contributed by atoms with Crippen LogP contribution >= 0.6 is 15.9 Å². The second kappa shape index (κ2) is 7.35. The van der Waals surface area contributed by atoms with Crippen LogP contribution in [0.1, 0.15) is 0 Å². The van der Waals surface area contributed by atoms with Crippen molar-refractivity contribution in [1.29, 1.82) is 0 Å². The van der Waals surface area contributed by atoms with E-state index in [4.69, 9.17) is 10.5 Å². The molecule has 118 valence electrons. The van der Waals surface area contributed by atoms with Crippen molar-refractivity contribution in [3.63, 3.8) is 0 Å². The quantitative estimate of drug-likeness (QED) is 0.779. The number of hydrogen-bond donors (Lipinski definition) is 1. The Labute approximate surface area is 132 Å². The molecule has 0 aromatic carbocycles. The first-order valence-electron chi connectivity index (χ1n) is 6.98. The minimum atomic E-state index is -0.140. The van der Waals surface area contributed by atoms with E-state index in [1.54, 1.807) is 13.3 Å². The maximum Gasteiger partial charge on any atom is 0.283 e. The van der Waals surface area contributed by atoms with E-state index in [1.165, 1.54) is 4.68 Å². The minimum Gasteiger partial charge on any atom is -0.383 e. The first-order valence-corrected chi connectivity index (χ1v) is 7.77. The minimum absolute atomic E-state index is 0.140. The number of aromatic nitrogens is 2. The number of piperazine rings is 1. The first-order chi connectivity index (χ1) is 10.1. The third-order valence-corrected chi connectivity index (χ3v) is 4.49. The van der Waals surface area contributed by atoms with Gasteiger partial charge in [-0.05, 0) is 23.0 Å². The third kappa shape index (κ3) is 3.63. The predicted octanol–water partition coefficient (Wildman–Crippen LogP) is -0.269. The fourth-order valence-corrected chi connectivity index (χ4v) is 3.06. The van der Waals surface area contributed by atoms with Crippen molar-refractivity contribution in [1.82, 2.24) is 14.7 Å². The van der Waals surface area contributed by atoms with Gasteiger partial charge in [-0.25, -0.2) is 4.68 Å². The summed E-state index contributed by atoms with van der Waals surface area (Å²) in [5, 5.41) is 4.24. The fraction of sp³-hybridized carbons (Fsp3) is 0.692. The van der Waals surface area contributed by atoms with E-state index < -0.39 is 0 Å². The van der Waals surface area contributed by atoms with Gasteiger partial charge in [0.25, 0.3) is 5.56 Å². The number of nitrogens with two attached hydrogens (primary N) is 1. The lowest BCUT2D eigenvalue weighted by molar-refractivity contribution is 0.181. The Hall–Kier alpha value is -0.960. The molecule has 1 unspecified atom stereocenters. The molecule has 1 atom stereocenters. The summed E-state index contributed by atoms with van der Waals surface area (Å²) in [5.74, 6) is 0. The lowest BCUT2D eigenvalue weighted by Crippen LogP contribution is -2.55. The van der Waals surface area contributed by atoms with Crippen LogP contribution in [0.2, 0.25) is 0 Å². The molecule has 1 fully saturated rings. The summed E-state index contributed by atoms with van der Waals surface area (Å²) in [6.07, 6.45) is 1.73. The van der Waals surface area contributed by atoms with Crippen LogP contribution < -0.4 is 16.2 Å². The summed E-state index contributed by atoms with van der Waals surface area (Å²) in [6, 6.07) is 0.191. The molecule has 0 aliphatic carbocycles. The van der Waals surface area contributed by atoms with Gasteiger partial charge in [0.05, 0.1) is 31.1 Å². The van der Waals surface area contributed by atoms with Gasteiger partial charge in [0.2, 0.25) is 0 Å². The molecule has 1 aromatic rings. The van der Waals surface area contributed by atoms with Crippen LogP contribution in [0, 0.1) is 0 Å².